The van der Waals surface area contributed by atoms with Crippen molar-refractivity contribution in [2.24, 2.45) is 0 Å². The van der Waals surface area contributed by atoms with Crippen LogP contribution < -0.4 is 14.8 Å². The minimum atomic E-state index is -0.559. The first-order valence-corrected chi connectivity index (χ1v) is 13.0. The number of fused-ring (bicyclic) bond motifs is 1. The number of anilines is 1. The number of hydrogen-bond acceptors (Lipinski definition) is 7. The summed E-state index contributed by atoms with van der Waals surface area (Å²) in [5, 5.41) is 7.58. The molecule has 0 fully saturated rings. The van der Waals surface area contributed by atoms with E-state index in [1.54, 1.807) is 4.68 Å². The quantitative estimate of drug-likeness (QED) is 0.243. The van der Waals surface area contributed by atoms with Crippen molar-refractivity contribution in [1.82, 2.24) is 14.8 Å². The Labute approximate surface area is 229 Å². The van der Waals surface area contributed by atoms with Gasteiger partial charge in [0.05, 0.1) is 12.2 Å². The fourth-order valence-corrected chi connectivity index (χ4v) is 4.55. The van der Waals surface area contributed by atoms with E-state index in [1.807, 2.05) is 86.6 Å². The number of hydrogen-bond donors (Lipinski definition) is 1. The minimum absolute atomic E-state index is 0.167. The largest absolute Gasteiger partial charge is 0.490 e. The number of aromatic nitrogens is 3. The number of nitrogens with zero attached hydrogens (tertiary/aromatic N) is 3. The summed E-state index contributed by atoms with van der Waals surface area (Å²) in [6.07, 6.45) is 1.46. The van der Waals surface area contributed by atoms with Crippen LogP contribution in [-0.4, -0.2) is 27.3 Å². The van der Waals surface area contributed by atoms with Crippen LogP contribution in [0, 0.1) is 0 Å². The summed E-state index contributed by atoms with van der Waals surface area (Å²) in [6.45, 7) is 4.77. The molecule has 0 amide bonds. The molecule has 0 radical (unpaired) electrons. The maximum Gasteiger partial charge on any atom is 0.338 e. The Morgan fingerprint density at radius 3 is 2.50 bits per heavy atom. The van der Waals surface area contributed by atoms with Gasteiger partial charge in [-0.25, -0.2) is 9.48 Å². The fraction of sp³-hybridized carbons (Fsp3) is 0.207. The first-order chi connectivity index (χ1) is 18.5. The number of esters is 1. The molecule has 1 unspecified atom stereocenters. The zero-order valence-corrected chi connectivity index (χ0v) is 22.6. The Morgan fingerprint density at radius 1 is 0.974 bits per heavy atom. The zero-order valence-electron chi connectivity index (χ0n) is 21.1. The van der Waals surface area contributed by atoms with Crippen molar-refractivity contribution in [3.63, 3.8) is 0 Å². The molecule has 1 aliphatic rings. The molecular formula is C29H27BrN4O4. The summed E-state index contributed by atoms with van der Waals surface area (Å²) < 4.78 is 20.5. The van der Waals surface area contributed by atoms with Gasteiger partial charge in [-0.05, 0) is 54.8 Å². The molecule has 3 aromatic carbocycles. The molecule has 5 rings (SSSR count). The van der Waals surface area contributed by atoms with E-state index in [1.165, 1.54) is 6.33 Å². The lowest BCUT2D eigenvalue weighted by Gasteiger charge is -2.28. The Balaban J connectivity index is 1.44. The minimum Gasteiger partial charge on any atom is -0.490 e. The van der Waals surface area contributed by atoms with Gasteiger partial charge in [0.1, 0.15) is 25.6 Å². The second-order valence-corrected chi connectivity index (χ2v) is 9.63. The first-order valence-electron chi connectivity index (χ1n) is 12.3. The molecule has 38 heavy (non-hydrogen) atoms. The molecule has 9 heteroatoms. The number of rotatable bonds is 9. The van der Waals surface area contributed by atoms with Crippen molar-refractivity contribution in [3.05, 3.63) is 112 Å². The zero-order chi connectivity index (χ0) is 26.5. The van der Waals surface area contributed by atoms with E-state index in [0.29, 0.717) is 41.9 Å². The third-order valence-electron chi connectivity index (χ3n) is 6.12. The van der Waals surface area contributed by atoms with Crippen LogP contribution in [0.5, 0.6) is 11.5 Å². The molecule has 1 N–H and O–H groups in total. The van der Waals surface area contributed by atoms with Crippen LogP contribution in [0.2, 0.25) is 0 Å². The Morgan fingerprint density at radius 2 is 1.74 bits per heavy atom. The van der Waals surface area contributed by atoms with Crippen molar-refractivity contribution in [2.45, 2.75) is 33.1 Å². The molecular weight excluding hydrogens is 548 g/mol. The van der Waals surface area contributed by atoms with Crippen molar-refractivity contribution in [2.75, 3.05) is 11.9 Å². The standard InChI is InChI=1S/C29H27BrN4O4/c1-3-36-25-15-22(11-14-24(25)37-16-21-9-12-23(30)13-10-21)27-26(19(2)33-29-31-18-32-34(27)29)28(35)38-17-20-7-5-4-6-8-20/h4-15,18,27H,3,16-17H2,1-2H3,(H,31,32,33). The van der Waals surface area contributed by atoms with Gasteiger partial charge < -0.3 is 19.5 Å². The summed E-state index contributed by atoms with van der Waals surface area (Å²) >= 11 is 3.46. The van der Waals surface area contributed by atoms with E-state index in [0.717, 1.165) is 21.2 Å². The lowest BCUT2D eigenvalue weighted by molar-refractivity contribution is -0.140. The Bertz CT molecular complexity index is 1450. The highest BCUT2D eigenvalue weighted by atomic mass is 79.9. The van der Waals surface area contributed by atoms with Crippen LogP contribution in [0.15, 0.2) is 94.9 Å². The summed E-state index contributed by atoms with van der Waals surface area (Å²) in [5.74, 6) is 1.30. The summed E-state index contributed by atoms with van der Waals surface area (Å²) in [5.41, 5.74) is 3.84. The van der Waals surface area contributed by atoms with E-state index >= 15 is 0 Å². The van der Waals surface area contributed by atoms with Crippen LogP contribution in [0.3, 0.4) is 0 Å². The lowest BCUT2D eigenvalue weighted by Crippen LogP contribution is -2.29. The van der Waals surface area contributed by atoms with Crippen LogP contribution in [0.1, 0.15) is 36.6 Å². The van der Waals surface area contributed by atoms with Gasteiger partial charge in [0, 0.05) is 10.2 Å². The number of benzene rings is 3. The van der Waals surface area contributed by atoms with Crippen LogP contribution in [-0.2, 0) is 22.7 Å². The average Bonchev–Trinajstić information content (AvgIpc) is 3.40. The predicted octanol–water partition coefficient (Wildman–Crippen LogP) is 6.05. The predicted molar refractivity (Wildman–Crippen MR) is 147 cm³/mol. The molecule has 1 aliphatic heterocycles. The van der Waals surface area contributed by atoms with E-state index in [-0.39, 0.29) is 6.61 Å². The highest BCUT2D eigenvalue weighted by molar-refractivity contribution is 9.10. The molecule has 1 atom stereocenters. The normalized spacial score (nSPS) is 14.4. The summed E-state index contributed by atoms with van der Waals surface area (Å²) in [6, 6.07) is 22.6. The van der Waals surface area contributed by atoms with Crippen LogP contribution in [0.4, 0.5) is 5.95 Å². The number of carbonyl (C=O) groups is 1. The van der Waals surface area contributed by atoms with Crippen molar-refractivity contribution < 1.29 is 19.0 Å². The molecule has 4 aromatic rings. The number of ether oxygens (including phenoxy) is 3. The van der Waals surface area contributed by atoms with Gasteiger partial charge in [0.25, 0.3) is 0 Å². The van der Waals surface area contributed by atoms with E-state index in [2.05, 4.69) is 31.3 Å². The molecule has 2 heterocycles. The smallest absolute Gasteiger partial charge is 0.338 e. The van der Waals surface area contributed by atoms with Gasteiger partial charge in [-0.3, -0.25) is 0 Å². The van der Waals surface area contributed by atoms with Crippen molar-refractivity contribution in [3.8, 4) is 11.5 Å². The fourth-order valence-electron chi connectivity index (χ4n) is 4.29. The third kappa shape index (κ3) is 5.57. The van der Waals surface area contributed by atoms with Gasteiger partial charge in [0.15, 0.2) is 11.5 Å². The van der Waals surface area contributed by atoms with Crippen molar-refractivity contribution in [1.29, 1.82) is 0 Å². The van der Waals surface area contributed by atoms with E-state index in [9.17, 15) is 4.79 Å². The Hall–Kier alpha value is -4.11. The topological polar surface area (TPSA) is 87.5 Å². The summed E-state index contributed by atoms with van der Waals surface area (Å²) in [4.78, 5) is 17.7. The number of nitrogens with one attached hydrogen (secondary N) is 1. The molecule has 8 nitrogen and oxygen atoms in total. The molecule has 0 spiro atoms. The second-order valence-electron chi connectivity index (χ2n) is 8.71. The molecule has 1 aromatic heterocycles. The maximum absolute atomic E-state index is 13.4. The summed E-state index contributed by atoms with van der Waals surface area (Å²) in [7, 11) is 0. The average molecular weight is 575 g/mol. The van der Waals surface area contributed by atoms with E-state index in [4.69, 9.17) is 14.2 Å². The maximum atomic E-state index is 13.4. The van der Waals surface area contributed by atoms with Gasteiger partial charge in [-0.2, -0.15) is 10.1 Å². The first kappa shape index (κ1) is 25.5. The second kappa shape index (κ2) is 11.5. The van der Waals surface area contributed by atoms with Gasteiger partial charge in [0.2, 0.25) is 5.95 Å². The number of carbonyl (C=O) groups excluding carboxylic acids is 1. The molecule has 0 bridgehead atoms. The molecule has 0 saturated carbocycles. The molecule has 0 saturated heterocycles. The lowest BCUT2D eigenvalue weighted by atomic mass is 9.95. The Kier molecular flexibility index (Phi) is 7.74. The molecule has 0 aliphatic carbocycles. The van der Waals surface area contributed by atoms with Gasteiger partial charge >= 0.3 is 5.97 Å². The van der Waals surface area contributed by atoms with Crippen molar-refractivity contribution >= 4 is 27.8 Å². The van der Waals surface area contributed by atoms with Gasteiger partial charge in [-0.15, -0.1) is 0 Å². The number of allylic oxidation sites excluding steroid dienone is 1. The highest BCUT2D eigenvalue weighted by Crippen LogP contribution is 2.39. The monoisotopic (exact) mass is 574 g/mol. The van der Waals surface area contributed by atoms with Crippen LogP contribution in [0.25, 0.3) is 0 Å². The number of halogens is 1. The van der Waals surface area contributed by atoms with Crippen LogP contribution >= 0.6 is 15.9 Å². The SMILES string of the molecule is CCOc1cc(C2C(C(=O)OCc3ccccc3)=C(C)Nc3ncnn32)ccc1OCc1ccc(Br)cc1. The molecule has 194 valence electrons. The van der Waals surface area contributed by atoms with Gasteiger partial charge in [-0.1, -0.05) is 64.5 Å². The third-order valence-corrected chi connectivity index (χ3v) is 6.65. The highest BCUT2D eigenvalue weighted by Gasteiger charge is 2.35. The van der Waals surface area contributed by atoms with E-state index < -0.39 is 12.0 Å².